The molecular weight excluding hydrogens is 564 g/mol. The Morgan fingerprint density at radius 1 is 0.659 bits per heavy atom. The van der Waals surface area contributed by atoms with Gasteiger partial charge in [0.2, 0.25) is 0 Å². The molecule has 2 aromatic heterocycles. The zero-order valence-electron chi connectivity index (χ0n) is 28.4. The zero-order valence-corrected chi connectivity index (χ0v) is 28.4. The second-order valence-corrected chi connectivity index (χ2v) is 9.52. The number of rotatable bonds is 2. The van der Waals surface area contributed by atoms with Crippen molar-refractivity contribution in [2.24, 2.45) is 14.1 Å². The predicted molar refractivity (Wildman–Crippen MR) is 168 cm³/mol. The van der Waals surface area contributed by atoms with Gasteiger partial charge in [-0.3, -0.25) is 0 Å². The lowest BCUT2D eigenvalue weighted by molar-refractivity contribution is -0.671. The lowest BCUT2D eigenvalue weighted by atomic mass is 10.1. The van der Waals surface area contributed by atoms with Crippen LogP contribution in [0.1, 0.15) is 75.7 Å². The Kier molecular flexibility index (Phi) is 20.9. The number of pyridine rings is 2. The summed E-state index contributed by atoms with van der Waals surface area (Å²) in [6.45, 7) is 18.0. The lowest BCUT2D eigenvalue weighted by Gasteiger charge is -2.30. The molecule has 4 rings (SSSR count). The van der Waals surface area contributed by atoms with Gasteiger partial charge in [0.1, 0.15) is 25.2 Å². The topological polar surface area (TPSA) is 116 Å². The number of cyclic esters (lactones) is 3. The maximum absolute atomic E-state index is 11.7. The van der Waals surface area contributed by atoms with Gasteiger partial charge in [-0.15, -0.1) is 0 Å². The van der Waals surface area contributed by atoms with Crippen LogP contribution in [0.3, 0.4) is 0 Å². The highest BCUT2D eigenvalue weighted by Gasteiger charge is 2.39. The number of ether oxygens (including phenoxy) is 4. The van der Waals surface area contributed by atoms with E-state index in [-0.39, 0.29) is 11.1 Å². The molecule has 10 nitrogen and oxygen atoms in total. The van der Waals surface area contributed by atoms with E-state index in [2.05, 4.69) is 13.8 Å². The van der Waals surface area contributed by atoms with Crippen molar-refractivity contribution < 1.29 is 47.6 Å². The average molecular weight is 617 g/mol. The van der Waals surface area contributed by atoms with Gasteiger partial charge in [-0.1, -0.05) is 66.2 Å². The molecule has 2 aliphatic rings. The molecule has 2 aromatic rings. The smallest absolute Gasteiger partial charge is 0.348 e. The maximum Gasteiger partial charge on any atom is 0.348 e. The third kappa shape index (κ3) is 17.5. The first-order valence-electron chi connectivity index (χ1n) is 14.7. The van der Waals surface area contributed by atoms with Crippen LogP contribution in [0.5, 0.6) is 0 Å². The number of allylic oxidation sites excluding steroid dienone is 2. The number of carbonyl (C=O) groups excluding carboxylic acids is 3. The van der Waals surface area contributed by atoms with Gasteiger partial charge in [0.05, 0.1) is 0 Å². The standard InChI is InChI=1S/C15H16O8.2C6H8N.C3H8.2C2H6/c1-14(2)20-10(16)8(11(17)21-14)6-5-7-9-12(18)22-15(3,4)23-13(9)19;2*1-7-5-3-2-4-6-7;1-3-2;2*1-2/h5-7,16H,1-4H3;2*2-6H,1H3;3H2,1-2H3;2*1-2H3/q;2*+1;;;/b6-5+;;;;;. The van der Waals surface area contributed by atoms with Crippen molar-refractivity contribution in [3.05, 3.63) is 96.5 Å². The first-order valence-corrected chi connectivity index (χ1v) is 14.7. The van der Waals surface area contributed by atoms with Crippen LogP contribution in [0, 0.1) is 0 Å². The predicted octanol–water partition coefficient (Wildman–Crippen LogP) is 5.88. The van der Waals surface area contributed by atoms with Gasteiger partial charge >= 0.3 is 17.9 Å². The molecule has 44 heavy (non-hydrogen) atoms. The van der Waals surface area contributed by atoms with Crippen molar-refractivity contribution in [3.8, 4) is 0 Å². The van der Waals surface area contributed by atoms with Crippen molar-refractivity contribution in [3.63, 3.8) is 0 Å². The number of hydrogen-bond donors (Lipinski definition) is 1. The van der Waals surface area contributed by atoms with Crippen molar-refractivity contribution in [1.29, 1.82) is 0 Å². The van der Waals surface area contributed by atoms with Gasteiger partial charge in [-0.2, -0.15) is 0 Å². The Morgan fingerprint density at radius 2 is 1.00 bits per heavy atom. The Hall–Kier alpha value is -4.47. The quantitative estimate of drug-likeness (QED) is 0.193. The summed E-state index contributed by atoms with van der Waals surface area (Å²) in [5.41, 5.74) is -0.592. The van der Waals surface area contributed by atoms with Crippen molar-refractivity contribution >= 4 is 17.9 Å². The lowest BCUT2D eigenvalue weighted by Crippen LogP contribution is -2.41. The molecule has 0 bridgehead atoms. The normalized spacial score (nSPS) is 15.5. The molecule has 4 heterocycles. The number of aliphatic hydroxyl groups excluding tert-OH is 1. The van der Waals surface area contributed by atoms with Gasteiger partial charge in [0.15, 0.2) is 24.8 Å². The van der Waals surface area contributed by atoms with Crippen LogP contribution < -0.4 is 9.13 Å². The summed E-state index contributed by atoms with van der Waals surface area (Å²) < 4.78 is 23.8. The van der Waals surface area contributed by atoms with Crippen LogP contribution in [0.15, 0.2) is 96.5 Å². The summed E-state index contributed by atoms with van der Waals surface area (Å²) in [6.07, 6.45) is 12.7. The van der Waals surface area contributed by atoms with Crippen LogP contribution >= 0.6 is 0 Å². The molecule has 244 valence electrons. The molecular formula is C34H52N2O8+2. The second-order valence-electron chi connectivity index (χ2n) is 9.52. The third-order valence-electron chi connectivity index (χ3n) is 4.50. The fraction of sp³-hybridized carbons (Fsp3) is 0.441. The van der Waals surface area contributed by atoms with E-state index in [9.17, 15) is 19.5 Å². The van der Waals surface area contributed by atoms with Crippen molar-refractivity contribution in [2.75, 3.05) is 0 Å². The van der Waals surface area contributed by atoms with E-state index < -0.39 is 35.4 Å². The molecule has 1 saturated heterocycles. The molecule has 0 radical (unpaired) electrons. The van der Waals surface area contributed by atoms with Crippen LogP contribution in [0.25, 0.3) is 0 Å². The van der Waals surface area contributed by atoms with E-state index in [4.69, 9.17) is 18.9 Å². The van der Waals surface area contributed by atoms with Gasteiger partial charge in [0, 0.05) is 52.0 Å². The highest BCUT2D eigenvalue weighted by atomic mass is 16.8. The highest BCUT2D eigenvalue weighted by Crippen LogP contribution is 2.26. The summed E-state index contributed by atoms with van der Waals surface area (Å²) in [4.78, 5) is 35.2. The molecule has 2 aliphatic heterocycles. The van der Waals surface area contributed by atoms with Crippen molar-refractivity contribution in [1.82, 2.24) is 0 Å². The molecule has 0 spiro atoms. The molecule has 1 N–H and O–H groups in total. The molecule has 1 fully saturated rings. The summed E-state index contributed by atoms with van der Waals surface area (Å²) in [5, 5.41) is 9.69. The van der Waals surface area contributed by atoms with Crippen LogP contribution in [-0.2, 0) is 47.4 Å². The Morgan fingerprint density at radius 3 is 1.32 bits per heavy atom. The highest BCUT2D eigenvalue weighted by molar-refractivity contribution is 6.15. The van der Waals surface area contributed by atoms with Crippen LogP contribution in [-0.4, -0.2) is 34.6 Å². The first kappa shape index (κ1) is 41.7. The Balaban J connectivity index is 0. The maximum atomic E-state index is 11.7. The second kappa shape index (κ2) is 22.1. The largest absolute Gasteiger partial charge is 0.480 e. The van der Waals surface area contributed by atoms with Crippen LogP contribution in [0.2, 0.25) is 0 Å². The summed E-state index contributed by atoms with van der Waals surface area (Å²) >= 11 is 0. The zero-order chi connectivity index (χ0) is 34.3. The Labute approximate surface area is 263 Å². The van der Waals surface area contributed by atoms with Gasteiger partial charge in [-0.25, -0.2) is 23.5 Å². The monoisotopic (exact) mass is 616 g/mol. The summed E-state index contributed by atoms with van der Waals surface area (Å²) in [5.74, 6) is -5.73. The van der Waals surface area contributed by atoms with E-state index in [0.717, 1.165) is 12.2 Å². The summed E-state index contributed by atoms with van der Waals surface area (Å²) in [7, 11) is 4.00. The minimum Gasteiger partial charge on any atom is -0.480 e. The van der Waals surface area contributed by atoms with E-state index in [0.29, 0.717) is 0 Å². The first-order chi connectivity index (χ1) is 20.7. The molecule has 0 atom stereocenters. The number of nitrogens with zero attached hydrogens (tertiary/aromatic N) is 2. The molecule has 0 unspecified atom stereocenters. The number of hydrogen-bond acceptors (Lipinski definition) is 8. The molecule has 0 saturated carbocycles. The molecule has 0 aliphatic carbocycles. The minimum atomic E-state index is -1.33. The number of aromatic nitrogens is 2. The fourth-order valence-corrected chi connectivity index (χ4v) is 2.82. The number of esters is 3. The van der Waals surface area contributed by atoms with Crippen molar-refractivity contribution in [2.45, 2.75) is 87.2 Å². The number of aliphatic hydroxyl groups is 1. The van der Waals surface area contributed by atoms with Gasteiger partial charge < -0.3 is 24.1 Å². The van der Waals surface area contributed by atoms with Gasteiger partial charge in [-0.05, 0) is 12.2 Å². The third-order valence-corrected chi connectivity index (χ3v) is 4.50. The Bertz CT molecular complexity index is 1160. The molecule has 10 heteroatoms. The average Bonchev–Trinajstić information content (AvgIpc) is 2.94. The van der Waals surface area contributed by atoms with E-state index in [1.54, 1.807) is 0 Å². The molecule has 0 aromatic carbocycles. The fourth-order valence-electron chi connectivity index (χ4n) is 2.82. The molecule has 0 amide bonds. The van der Waals surface area contributed by atoms with E-state index >= 15 is 0 Å². The van der Waals surface area contributed by atoms with E-state index in [1.807, 2.05) is 112 Å². The van der Waals surface area contributed by atoms with E-state index in [1.165, 1.54) is 40.2 Å². The van der Waals surface area contributed by atoms with Crippen LogP contribution in [0.4, 0.5) is 0 Å². The number of carbonyl (C=O) groups is 3. The minimum absolute atomic E-state index is 0.251. The number of aryl methyl sites for hydroxylation is 2. The SMILES string of the molecule is CC.CC.CC1(C)OC(=O)C(=C/C=C/C2=C(O)OC(C)(C)OC2=O)C(=O)O1.CCC.C[n+]1ccccc1.C[n+]1ccccc1. The summed E-state index contributed by atoms with van der Waals surface area (Å²) in [6, 6.07) is 12.0. The van der Waals surface area contributed by atoms with Gasteiger partial charge in [0.25, 0.3) is 17.5 Å².